The largest absolute Gasteiger partial charge is 0.478 e. The zero-order valence-electron chi connectivity index (χ0n) is 10.7. The van der Waals surface area contributed by atoms with Crippen LogP contribution >= 0.6 is 0 Å². The minimum atomic E-state index is -0.966. The monoisotopic (exact) mass is 268 g/mol. The lowest BCUT2D eigenvalue weighted by atomic mass is 9.95. The number of carbonyl (C=O) groups is 1. The van der Waals surface area contributed by atoms with Gasteiger partial charge in [0, 0.05) is 0 Å². The highest BCUT2D eigenvalue weighted by Crippen LogP contribution is 2.29. The van der Waals surface area contributed by atoms with E-state index in [-0.39, 0.29) is 11.3 Å². The Kier molecular flexibility index (Phi) is 2.68. The van der Waals surface area contributed by atoms with E-state index in [2.05, 4.69) is 9.97 Å². The summed E-state index contributed by atoms with van der Waals surface area (Å²) in [7, 11) is 0. The Balaban J connectivity index is 2.29. The van der Waals surface area contributed by atoms with E-state index in [9.17, 15) is 14.7 Å². The number of carboxylic acids is 1. The summed E-state index contributed by atoms with van der Waals surface area (Å²) in [5.74, 6) is -0.966. The van der Waals surface area contributed by atoms with Crippen molar-refractivity contribution >= 4 is 17.0 Å². The smallest absolute Gasteiger partial charge is 0.336 e. The second-order valence-electron chi connectivity index (χ2n) is 4.64. The summed E-state index contributed by atoms with van der Waals surface area (Å²) >= 11 is 0. The van der Waals surface area contributed by atoms with Crippen LogP contribution in [0.5, 0.6) is 0 Å². The van der Waals surface area contributed by atoms with Crippen LogP contribution in [-0.4, -0.2) is 21.0 Å². The first-order valence-electron chi connectivity index (χ1n) is 6.11. The van der Waals surface area contributed by atoms with Gasteiger partial charge in [0.2, 0.25) is 0 Å². The zero-order chi connectivity index (χ0) is 14.3. The SMILES string of the molecule is Cc1cccc(C(=O)O)c1-c1ccc2[nH]c(=O)[nH]c2c1. The number of aromatic amines is 2. The molecule has 0 aliphatic heterocycles. The topological polar surface area (TPSA) is 85.9 Å². The highest BCUT2D eigenvalue weighted by Gasteiger charge is 2.14. The van der Waals surface area contributed by atoms with Crippen molar-refractivity contribution in [2.24, 2.45) is 0 Å². The molecule has 100 valence electrons. The van der Waals surface area contributed by atoms with Crippen molar-refractivity contribution in [2.75, 3.05) is 0 Å². The molecule has 1 heterocycles. The van der Waals surface area contributed by atoms with E-state index < -0.39 is 5.97 Å². The van der Waals surface area contributed by atoms with Gasteiger partial charge in [-0.3, -0.25) is 0 Å². The molecule has 0 bridgehead atoms. The van der Waals surface area contributed by atoms with Crippen LogP contribution in [0.2, 0.25) is 0 Å². The second kappa shape index (κ2) is 4.38. The van der Waals surface area contributed by atoms with Gasteiger partial charge in [-0.05, 0) is 41.8 Å². The van der Waals surface area contributed by atoms with Gasteiger partial charge in [0.25, 0.3) is 0 Å². The molecule has 0 aliphatic carbocycles. The van der Waals surface area contributed by atoms with Crippen molar-refractivity contribution in [3.8, 4) is 11.1 Å². The van der Waals surface area contributed by atoms with Gasteiger partial charge in [-0.2, -0.15) is 0 Å². The molecule has 0 amide bonds. The van der Waals surface area contributed by atoms with Crippen molar-refractivity contribution in [3.63, 3.8) is 0 Å². The number of aromatic carboxylic acids is 1. The predicted octanol–water partition coefficient (Wildman–Crippen LogP) is 2.53. The Labute approximate surface area is 113 Å². The van der Waals surface area contributed by atoms with Crippen molar-refractivity contribution < 1.29 is 9.90 Å². The Morgan fingerprint density at radius 1 is 1.10 bits per heavy atom. The fourth-order valence-electron chi connectivity index (χ4n) is 2.42. The Bertz CT molecular complexity index is 874. The third kappa shape index (κ3) is 1.89. The van der Waals surface area contributed by atoms with Crippen LogP contribution in [0, 0.1) is 6.92 Å². The molecule has 0 fully saturated rings. The number of hydrogen-bond donors (Lipinski definition) is 3. The molecule has 0 atom stereocenters. The quantitative estimate of drug-likeness (QED) is 0.667. The van der Waals surface area contributed by atoms with Gasteiger partial charge < -0.3 is 15.1 Å². The molecule has 3 N–H and O–H groups in total. The third-order valence-corrected chi connectivity index (χ3v) is 3.31. The maximum absolute atomic E-state index is 11.4. The molecular formula is C15H12N2O3. The molecule has 0 saturated carbocycles. The molecule has 0 radical (unpaired) electrons. The number of imidazole rings is 1. The Morgan fingerprint density at radius 2 is 1.85 bits per heavy atom. The van der Waals surface area contributed by atoms with E-state index in [1.807, 2.05) is 13.0 Å². The number of nitrogens with one attached hydrogen (secondary N) is 2. The number of carboxylic acid groups (broad SMARTS) is 1. The van der Waals surface area contributed by atoms with E-state index in [1.165, 1.54) is 0 Å². The molecule has 0 spiro atoms. The average molecular weight is 268 g/mol. The molecule has 0 saturated heterocycles. The molecule has 0 aliphatic rings. The first kappa shape index (κ1) is 12.2. The Hall–Kier alpha value is -2.82. The molecule has 20 heavy (non-hydrogen) atoms. The van der Waals surface area contributed by atoms with Gasteiger partial charge in [0.15, 0.2) is 0 Å². The minimum absolute atomic E-state index is 0.252. The first-order chi connectivity index (χ1) is 9.56. The highest BCUT2D eigenvalue weighted by atomic mass is 16.4. The maximum Gasteiger partial charge on any atom is 0.336 e. The van der Waals surface area contributed by atoms with Crippen molar-refractivity contribution in [1.29, 1.82) is 0 Å². The van der Waals surface area contributed by atoms with E-state index in [0.29, 0.717) is 16.6 Å². The minimum Gasteiger partial charge on any atom is -0.478 e. The number of fused-ring (bicyclic) bond motifs is 1. The lowest BCUT2D eigenvalue weighted by Crippen LogP contribution is -2.01. The summed E-state index contributed by atoms with van der Waals surface area (Å²) in [6.45, 7) is 1.87. The van der Waals surface area contributed by atoms with Crippen LogP contribution in [0.25, 0.3) is 22.2 Å². The molecular weight excluding hydrogens is 256 g/mol. The normalized spacial score (nSPS) is 10.8. The van der Waals surface area contributed by atoms with Crippen LogP contribution < -0.4 is 5.69 Å². The number of aryl methyl sites for hydroxylation is 1. The number of rotatable bonds is 2. The molecule has 3 rings (SSSR count). The third-order valence-electron chi connectivity index (χ3n) is 3.31. The van der Waals surface area contributed by atoms with Gasteiger partial charge in [-0.25, -0.2) is 9.59 Å². The maximum atomic E-state index is 11.4. The number of aromatic nitrogens is 2. The number of H-pyrrole nitrogens is 2. The van der Waals surface area contributed by atoms with Gasteiger partial charge in [0.05, 0.1) is 16.6 Å². The van der Waals surface area contributed by atoms with Crippen LogP contribution in [-0.2, 0) is 0 Å². The first-order valence-corrected chi connectivity index (χ1v) is 6.11. The lowest BCUT2D eigenvalue weighted by Gasteiger charge is -2.10. The van der Waals surface area contributed by atoms with Crippen LogP contribution in [0.15, 0.2) is 41.2 Å². The number of hydrogen-bond acceptors (Lipinski definition) is 2. The number of benzene rings is 2. The summed E-state index contributed by atoms with van der Waals surface area (Å²) in [6, 6.07) is 10.5. The van der Waals surface area contributed by atoms with Crippen molar-refractivity contribution in [2.45, 2.75) is 6.92 Å². The average Bonchev–Trinajstić information content (AvgIpc) is 2.77. The Morgan fingerprint density at radius 3 is 2.60 bits per heavy atom. The van der Waals surface area contributed by atoms with Gasteiger partial charge >= 0.3 is 11.7 Å². The van der Waals surface area contributed by atoms with E-state index in [1.54, 1.807) is 30.3 Å². The summed E-state index contributed by atoms with van der Waals surface area (Å²) in [6.07, 6.45) is 0. The van der Waals surface area contributed by atoms with Crippen molar-refractivity contribution in [3.05, 3.63) is 58.0 Å². The lowest BCUT2D eigenvalue weighted by molar-refractivity contribution is 0.0697. The van der Waals surface area contributed by atoms with Gasteiger partial charge in [-0.15, -0.1) is 0 Å². The predicted molar refractivity (Wildman–Crippen MR) is 76.1 cm³/mol. The zero-order valence-corrected chi connectivity index (χ0v) is 10.7. The molecule has 5 heteroatoms. The van der Waals surface area contributed by atoms with Gasteiger partial charge in [-0.1, -0.05) is 18.2 Å². The van der Waals surface area contributed by atoms with Crippen LogP contribution in [0.4, 0.5) is 0 Å². The molecule has 3 aromatic rings. The summed E-state index contributed by atoms with van der Waals surface area (Å²) in [5, 5.41) is 9.30. The standard InChI is InChI=1S/C15H12N2O3/c1-8-3-2-4-10(14(18)19)13(8)9-5-6-11-12(7-9)17-15(20)16-11/h2-7H,1H3,(H,18,19)(H2,16,17,20). The summed E-state index contributed by atoms with van der Waals surface area (Å²) in [5.41, 5.74) is 3.65. The van der Waals surface area contributed by atoms with Gasteiger partial charge in [0.1, 0.15) is 0 Å². The molecule has 2 aromatic carbocycles. The fourth-order valence-corrected chi connectivity index (χ4v) is 2.42. The summed E-state index contributed by atoms with van der Waals surface area (Å²) in [4.78, 5) is 28.0. The van der Waals surface area contributed by atoms with Crippen molar-refractivity contribution in [1.82, 2.24) is 9.97 Å². The van der Waals surface area contributed by atoms with Crippen LogP contribution in [0.3, 0.4) is 0 Å². The van der Waals surface area contributed by atoms with E-state index in [0.717, 1.165) is 11.1 Å². The molecule has 1 aromatic heterocycles. The molecule has 5 nitrogen and oxygen atoms in total. The summed E-state index contributed by atoms with van der Waals surface area (Å²) < 4.78 is 0. The van der Waals surface area contributed by atoms with Crippen LogP contribution in [0.1, 0.15) is 15.9 Å². The molecule has 0 unspecified atom stereocenters. The highest BCUT2D eigenvalue weighted by molar-refractivity contribution is 5.98. The second-order valence-corrected chi connectivity index (χ2v) is 4.64. The van der Waals surface area contributed by atoms with E-state index >= 15 is 0 Å². The fraction of sp³-hybridized carbons (Fsp3) is 0.0667. The van der Waals surface area contributed by atoms with E-state index in [4.69, 9.17) is 0 Å².